The number of piperazine rings is 1. The fourth-order valence-electron chi connectivity index (χ4n) is 3.40. The molecule has 126 valence electrons. The molecule has 0 aliphatic carbocycles. The summed E-state index contributed by atoms with van der Waals surface area (Å²) in [5.41, 5.74) is 4.82. The highest BCUT2D eigenvalue weighted by Crippen LogP contribution is 2.26. The Kier molecular flexibility index (Phi) is 4.34. The molecule has 0 bridgehead atoms. The van der Waals surface area contributed by atoms with E-state index in [2.05, 4.69) is 58.1 Å². The summed E-state index contributed by atoms with van der Waals surface area (Å²) in [7, 11) is 0. The van der Waals surface area contributed by atoms with Crippen molar-refractivity contribution in [1.29, 1.82) is 0 Å². The lowest BCUT2D eigenvalue weighted by Gasteiger charge is -2.37. The predicted octanol–water partition coefficient (Wildman–Crippen LogP) is 3.78. The van der Waals surface area contributed by atoms with Crippen LogP contribution in [0.15, 0.2) is 67.1 Å². The summed E-state index contributed by atoms with van der Waals surface area (Å²) < 4.78 is 0. The largest absolute Gasteiger partial charge is 0.367 e. The van der Waals surface area contributed by atoms with Gasteiger partial charge in [0, 0.05) is 44.1 Å². The molecule has 0 radical (unpaired) electrons. The third-order valence-electron chi connectivity index (χ3n) is 4.75. The van der Waals surface area contributed by atoms with Gasteiger partial charge in [-0.3, -0.25) is 4.98 Å². The van der Waals surface area contributed by atoms with E-state index in [-0.39, 0.29) is 0 Å². The van der Waals surface area contributed by atoms with Gasteiger partial charge in [-0.2, -0.15) is 0 Å². The number of rotatable bonds is 3. The molecule has 4 heteroatoms. The Balaban J connectivity index is 1.48. The first-order chi connectivity index (χ1) is 12.3. The molecule has 1 aliphatic heterocycles. The van der Waals surface area contributed by atoms with Crippen molar-refractivity contribution < 1.29 is 0 Å². The maximum Gasteiger partial charge on any atom is 0.131 e. The van der Waals surface area contributed by atoms with Crippen LogP contribution in [0.1, 0.15) is 5.56 Å². The highest BCUT2D eigenvalue weighted by molar-refractivity contribution is 5.66. The van der Waals surface area contributed by atoms with Crippen molar-refractivity contribution in [2.24, 2.45) is 0 Å². The van der Waals surface area contributed by atoms with E-state index in [1.807, 2.05) is 30.7 Å². The average molecular weight is 330 g/mol. The Morgan fingerprint density at radius 2 is 1.56 bits per heavy atom. The Labute approximate surface area is 148 Å². The maximum absolute atomic E-state index is 4.77. The molecule has 4 rings (SSSR count). The van der Waals surface area contributed by atoms with Crippen molar-refractivity contribution in [1.82, 2.24) is 9.97 Å². The molecule has 1 saturated heterocycles. The van der Waals surface area contributed by atoms with Crippen LogP contribution in [0.5, 0.6) is 0 Å². The monoisotopic (exact) mass is 330 g/mol. The van der Waals surface area contributed by atoms with Gasteiger partial charge in [-0.05, 0) is 36.2 Å². The van der Waals surface area contributed by atoms with E-state index in [4.69, 9.17) is 4.98 Å². The Morgan fingerprint density at radius 3 is 2.24 bits per heavy atom. The summed E-state index contributed by atoms with van der Waals surface area (Å²) in [5.74, 6) is 1.10. The summed E-state index contributed by atoms with van der Waals surface area (Å²) in [6, 6.07) is 16.8. The highest BCUT2D eigenvalue weighted by Gasteiger charge is 2.19. The van der Waals surface area contributed by atoms with Crippen LogP contribution in [0.3, 0.4) is 0 Å². The van der Waals surface area contributed by atoms with Crippen molar-refractivity contribution in [3.63, 3.8) is 0 Å². The van der Waals surface area contributed by atoms with Crippen LogP contribution in [0.2, 0.25) is 0 Å². The zero-order chi connectivity index (χ0) is 17.1. The van der Waals surface area contributed by atoms with Crippen LogP contribution in [-0.2, 0) is 0 Å². The van der Waals surface area contributed by atoms with Gasteiger partial charge in [-0.1, -0.05) is 30.3 Å². The minimum Gasteiger partial charge on any atom is -0.367 e. The number of anilines is 2. The van der Waals surface area contributed by atoms with E-state index in [9.17, 15) is 0 Å². The quantitative estimate of drug-likeness (QED) is 0.731. The van der Waals surface area contributed by atoms with Crippen molar-refractivity contribution in [3.05, 3.63) is 72.7 Å². The van der Waals surface area contributed by atoms with Crippen LogP contribution in [-0.4, -0.2) is 36.1 Å². The summed E-state index contributed by atoms with van der Waals surface area (Å²) in [4.78, 5) is 13.8. The molecule has 1 fully saturated rings. The summed E-state index contributed by atoms with van der Waals surface area (Å²) in [6.07, 6.45) is 5.75. The van der Waals surface area contributed by atoms with Crippen LogP contribution in [0.25, 0.3) is 11.1 Å². The van der Waals surface area contributed by atoms with Crippen molar-refractivity contribution in [2.75, 3.05) is 36.0 Å². The number of aromatic nitrogens is 2. The van der Waals surface area contributed by atoms with Crippen LogP contribution in [0, 0.1) is 6.92 Å². The first-order valence-electron chi connectivity index (χ1n) is 8.73. The normalized spacial score (nSPS) is 14.6. The topological polar surface area (TPSA) is 32.3 Å². The van der Waals surface area contributed by atoms with Crippen LogP contribution < -0.4 is 9.80 Å². The predicted molar refractivity (Wildman–Crippen MR) is 103 cm³/mol. The Morgan fingerprint density at radius 1 is 0.800 bits per heavy atom. The number of nitrogens with zero attached hydrogens (tertiary/aromatic N) is 4. The number of aryl methyl sites for hydroxylation is 1. The van der Waals surface area contributed by atoms with Gasteiger partial charge in [-0.25, -0.2) is 4.98 Å². The first kappa shape index (κ1) is 15.6. The third kappa shape index (κ3) is 3.33. The van der Waals surface area contributed by atoms with E-state index >= 15 is 0 Å². The molecule has 0 N–H and O–H groups in total. The second-order valence-corrected chi connectivity index (χ2v) is 6.42. The van der Waals surface area contributed by atoms with Gasteiger partial charge in [0.15, 0.2) is 0 Å². The second kappa shape index (κ2) is 6.93. The van der Waals surface area contributed by atoms with E-state index in [0.29, 0.717) is 0 Å². The lowest BCUT2D eigenvalue weighted by Crippen LogP contribution is -2.47. The smallest absolute Gasteiger partial charge is 0.131 e. The van der Waals surface area contributed by atoms with Gasteiger partial charge in [0.25, 0.3) is 0 Å². The lowest BCUT2D eigenvalue weighted by molar-refractivity contribution is 0.645. The molecule has 2 aromatic heterocycles. The van der Waals surface area contributed by atoms with Gasteiger partial charge in [0.2, 0.25) is 0 Å². The molecule has 0 atom stereocenters. The fourth-order valence-corrected chi connectivity index (χ4v) is 3.40. The maximum atomic E-state index is 4.77. The standard InChI is InChI=1S/C21H22N4/c1-17-14-19(18-6-3-2-4-7-18)15-23-21(17)25-12-10-24(11-13-25)20-8-5-9-22-16-20/h2-9,14-16H,10-13H2,1H3. The number of hydrogen-bond acceptors (Lipinski definition) is 4. The number of hydrogen-bond donors (Lipinski definition) is 0. The summed E-state index contributed by atoms with van der Waals surface area (Å²) in [6.45, 7) is 6.10. The van der Waals surface area contributed by atoms with Gasteiger partial charge >= 0.3 is 0 Å². The Hall–Kier alpha value is -2.88. The van der Waals surface area contributed by atoms with Gasteiger partial charge in [-0.15, -0.1) is 0 Å². The highest BCUT2D eigenvalue weighted by atomic mass is 15.3. The SMILES string of the molecule is Cc1cc(-c2ccccc2)cnc1N1CCN(c2cccnc2)CC1. The van der Waals surface area contributed by atoms with Crippen molar-refractivity contribution in [2.45, 2.75) is 6.92 Å². The van der Waals surface area contributed by atoms with Gasteiger partial charge in [0.1, 0.15) is 5.82 Å². The summed E-state index contributed by atoms with van der Waals surface area (Å²) >= 11 is 0. The van der Waals surface area contributed by atoms with E-state index in [0.717, 1.165) is 32.0 Å². The van der Waals surface area contributed by atoms with Crippen molar-refractivity contribution >= 4 is 11.5 Å². The van der Waals surface area contributed by atoms with Gasteiger partial charge < -0.3 is 9.80 Å². The molecule has 25 heavy (non-hydrogen) atoms. The number of pyridine rings is 2. The molecule has 4 nitrogen and oxygen atoms in total. The molecule has 1 aromatic carbocycles. The summed E-state index contributed by atoms with van der Waals surface area (Å²) in [5, 5.41) is 0. The Bertz CT molecular complexity index is 825. The van der Waals surface area contributed by atoms with Crippen molar-refractivity contribution in [3.8, 4) is 11.1 Å². The molecule has 0 amide bonds. The zero-order valence-electron chi connectivity index (χ0n) is 14.5. The van der Waals surface area contributed by atoms with Gasteiger partial charge in [0.05, 0.1) is 11.9 Å². The minimum atomic E-state index is 0.980. The second-order valence-electron chi connectivity index (χ2n) is 6.42. The fraction of sp³-hybridized carbons (Fsp3) is 0.238. The van der Waals surface area contributed by atoms with E-state index < -0.39 is 0 Å². The van der Waals surface area contributed by atoms with E-state index in [1.165, 1.54) is 22.4 Å². The molecule has 0 saturated carbocycles. The minimum absolute atomic E-state index is 0.980. The average Bonchev–Trinajstić information content (AvgIpc) is 2.69. The molecular weight excluding hydrogens is 308 g/mol. The molecule has 3 aromatic rings. The third-order valence-corrected chi connectivity index (χ3v) is 4.75. The molecule has 0 spiro atoms. The molecule has 3 heterocycles. The number of benzene rings is 1. The molecule has 1 aliphatic rings. The van der Waals surface area contributed by atoms with Crippen LogP contribution >= 0.6 is 0 Å². The van der Waals surface area contributed by atoms with Crippen LogP contribution in [0.4, 0.5) is 11.5 Å². The molecular formula is C21H22N4. The zero-order valence-corrected chi connectivity index (χ0v) is 14.5. The van der Waals surface area contributed by atoms with E-state index in [1.54, 1.807) is 0 Å². The lowest BCUT2D eigenvalue weighted by atomic mass is 10.1. The molecule has 0 unspecified atom stereocenters. The first-order valence-corrected chi connectivity index (χ1v) is 8.73.